The van der Waals surface area contributed by atoms with E-state index in [9.17, 15) is 13.2 Å². The number of hydrogen-bond acceptors (Lipinski definition) is 8. The lowest BCUT2D eigenvalue weighted by Gasteiger charge is -2.12. The van der Waals surface area contributed by atoms with Crippen LogP contribution in [0.5, 0.6) is 0 Å². The van der Waals surface area contributed by atoms with E-state index in [1.807, 2.05) is 0 Å². The molecule has 0 radical (unpaired) electrons. The predicted molar refractivity (Wildman–Crippen MR) is 96.2 cm³/mol. The van der Waals surface area contributed by atoms with Crippen LogP contribution in [0.1, 0.15) is 30.0 Å². The number of nitrogens with two attached hydrogens (primary N) is 1. The molecule has 29 heavy (non-hydrogen) atoms. The van der Waals surface area contributed by atoms with Gasteiger partial charge in [0.25, 0.3) is 5.97 Å². The van der Waals surface area contributed by atoms with E-state index in [1.54, 1.807) is 13.0 Å². The second-order valence-corrected chi connectivity index (χ2v) is 6.47. The molecule has 0 amide bonds. The summed E-state index contributed by atoms with van der Waals surface area (Å²) in [4.78, 5) is 13.1. The molecule has 0 atom stereocenters. The number of carboxylic acids is 1. The van der Waals surface area contributed by atoms with Crippen molar-refractivity contribution < 1.29 is 27.6 Å². The van der Waals surface area contributed by atoms with Gasteiger partial charge in [0.05, 0.1) is 23.5 Å². The molecule has 1 aromatic carbocycles. The molecule has 0 fully saturated rings. The highest BCUT2D eigenvalue weighted by atomic mass is 32.2. The molecular formula is C16H17F3N6O3S. The van der Waals surface area contributed by atoms with Crippen LogP contribution in [-0.2, 0) is 23.3 Å². The lowest BCUT2D eigenvalue weighted by Crippen LogP contribution is -2.10. The van der Waals surface area contributed by atoms with Crippen LogP contribution in [0.3, 0.4) is 0 Å². The number of alkyl halides is 3. The molecule has 0 aliphatic carbocycles. The monoisotopic (exact) mass is 430 g/mol. The second-order valence-electron chi connectivity index (χ2n) is 5.53. The molecule has 3 aromatic rings. The fourth-order valence-electron chi connectivity index (χ4n) is 2.13. The van der Waals surface area contributed by atoms with Gasteiger partial charge in [0, 0.05) is 6.92 Å². The average Bonchev–Trinajstić information content (AvgIpc) is 3.24. The normalized spacial score (nSPS) is 11.1. The van der Waals surface area contributed by atoms with Gasteiger partial charge in [0.1, 0.15) is 0 Å². The number of nitrogens with zero attached hydrogens (tertiary/aromatic N) is 5. The number of aliphatic carboxylic acids is 1. The first kappa shape index (κ1) is 22.4. The van der Waals surface area contributed by atoms with E-state index in [2.05, 4.69) is 20.3 Å². The summed E-state index contributed by atoms with van der Waals surface area (Å²) >= 11 is 1.21. The summed E-state index contributed by atoms with van der Waals surface area (Å²) in [6.45, 7) is 2.80. The van der Waals surface area contributed by atoms with Gasteiger partial charge in [-0.1, -0.05) is 23.0 Å². The summed E-state index contributed by atoms with van der Waals surface area (Å²) in [6, 6.07) is 4.90. The summed E-state index contributed by atoms with van der Waals surface area (Å²) in [5.74, 6) is 0.708. The SMILES string of the molecule is CC(=O)O.Cc1noc(CSc2nnc(CN)n2-c2cccc(C(F)(F)F)c2)n1. The quantitative estimate of drug-likeness (QED) is 0.586. The highest BCUT2D eigenvalue weighted by Crippen LogP contribution is 2.32. The largest absolute Gasteiger partial charge is 0.481 e. The minimum absolute atomic E-state index is 0.0312. The fraction of sp³-hybridized carbons (Fsp3) is 0.312. The van der Waals surface area contributed by atoms with Gasteiger partial charge in [0.2, 0.25) is 5.89 Å². The first-order valence-electron chi connectivity index (χ1n) is 8.05. The molecule has 2 aromatic heterocycles. The van der Waals surface area contributed by atoms with E-state index in [4.69, 9.17) is 20.2 Å². The number of aryl methyl sites for hydroxylation is 1. The molecule has 13 heteroatoms. The van der Waals surface area contributed by atoms with E-state index in [0.29, 0.717) is 28.4 Å². The number of rotatable bonds is 5. The maximum Gasteiger partial charge on any atom is 0.416 e. The predicted octanol–water partition coefficient (Wildman–Crippen LogP) is 2.82. The van der Waals surface area contributed by atoms with Gasteiger partial charge in [-0.3, -0.25) is 9.36 Å². The average molecular weight is 430 g/mol. The number of halogens is 3. The van der Waals surface area contributed by atoms with E-state index in [0.717, 1.165) is 19.1 Å². The van der Waals surface area contributed by atoms with Crippen LogP contribution in [-0.4, -0.2) is 36.0 Å². The van der Waals surface area contributed by atoms with Crippen molar-refractivity contribution >= 4 is 17.7 Å². The lowest BCUT2D eigenvalue weighted by atomic mass is 10.2. The fourth-order valence-corrected chi connectivity index (χ4v) is 2.94. The van der Waals surface area contributed by atoms with Crippen LogP contribution in [0.2, 0.25) is 0 Å². The number of aromatic nitrogens is 5. The van der Waals surface area contributed by atoms with Gasteiger partial charge >= 0.3 is 6.18 Å². The molecule has 0 bridgehead atoms. The smallest absolute Gasteiger partial charge is 0.416 e. The minimum Gasteiger partial charge on any atom is -0.481 e. The second kappa shape index (κ2) is 9.52. The topological polar surface area (TPSA) is 133 Å². The first-order valence-corrected chi connectivity index (χ1v) is 9.04. The van der Waals surface area contributed by atoms with Crippen LogP contribution >= 0.6 is 11.8 Å². The Hall–Kier alpha value is -2.93. The van der Waals surface area contributed by atoms with Gasteiger partial charge in [-0.2, -0.15) is 18.2 Å². The summed E-state index contributed by atoms with van der Waals surface area (Å²) < 4.78 is 45.4. The van der Waals surface area contributed by atoms with E-state index in [1.165, 1.54) is 22.4 Å². The molecule has 3 rings (SSSR count). The Bertz CT molecular complexity index is 969. The van der Waals surface area contributed by atoms with Crippen LogP contribution in [0.25, 0.3) is 5.69 Å². The molecule has 0 saturated carbocycles. The van der Waals surface area contributed by atoms with Gasteiger partial charge < -0.3 is 15.4 Å². The maximum atomic E-state index is 13.0. The number of hydrogen-bond donors (Lipinski definition) is 2. The van der Waals surface area contributed by atoms with Crippen molar-refractivity contribution in [2.24, 2.45) is 5.73 Å². The first-order chi connectivity index (χ1) is 13.6. The Balaban J connectivity index is 0.000000687. The molecule has 0 aliphatic rings. The Morgan fingerprint density at radius 1 is 1.34 bits per heavy atom. The molecular weight excluding hydrogens is 413 g/mol. The van der Waals surface area contributed by atoms with Crippen LogP contribution in [0, 0.1) is 6.92 Å². The molecule has 0 spiro atoms. The van der Waals surface area contributed by atoms with E-state index >= 15 is 0 Å². The molecule has 3 N–H and O–H groups in total. The van der Waals surface area contributed by atoms with Crippen LogP contribution < -0.4 is 5.73 Å². The van der Waals surface area contributed by atoms with Gasteiger partial charge in [-0.15, -0.1) is 10.2 Å². The summed E-state index contributed by atoms with van der Waals surface area (Å²) in [6.07, 6.45) is -4.44. The van der Waals surface area contributed by atoms with Gasteiger partial charge in [-0.05, 0) is 25.1 Å². The molecule has 9 nitrogen and oxygen atoms in total. The van der Waals surface area contributed by atoms with E-state index < -0.39 is 17.7 Å². The minimum atomic E-state index is -4.44. The van der Waals surface area contributed by atoms with Crippen molar-refractivity contribution in [3.05, 3.63) is 47.4 Å². The maximum absolute atomic E-state index is 13.0. The number of benzene rings is 1. The number of carboxylic acid groups (broad SMARTS) is 1. The van der Waals surface area contributed by atoms with Crippen molar-refractivity contribution in [1.29, 1.82) is 0 Å². The Labute approximate surface area is 167 Å². The number of thioether (sulfide) groups is 1. The van der Waals surface area contributed by atoms with Crippen molar-refractivity contribution in [3.63, 3.8) is 0 Å². The zero-order valence-electron chi connectivity index (χ0n) is 15.3. The van der Waals surface area contributed by atoms with Crippen molar-refractivity contribution in [2.75, 3.05) is 0 Å². The third-order valence-electron chi connectivity index (χ3n) is 3.21. The van der Waals surface area contributed by atoms with Gasteiger partial charge in [-0.25, -0.2) is 0 Å². The standard InChI is InChI=1S/C14H13F3N6OS.C2H4O2/c1-8-19-12(24-22-8)7-25-13-21-20-11(6-18)23(13)10-4-2-3-9(5-10)14(15,16)17;1-2(3)4/h2-5H,6-7,18H2,1H3;1H3,(H,3,4). The zero-order valence-corrected chi connectivity index (χ0v) is 16.2. The summed E-state index contributed by atoms with van der Waals surface area (Å²) in [5, 5.41) is 19.4. The third kappa shape index (κ3) is 6.29. The van der Waals surface area contributed by atoms with Crippen LogP contribution in [0.15, 0.2) is 33.9 Å². The molecule has 0 aliphatic heterocycles. The van der Waals surface area contributed by atoms with Crippen molar-refractivity contribution in [2.45, 2.75) is 37.5 Å². The Kier molecular flexibility index (Phi) is 7.34. The van der Waals surface area contributed by atoms with Crippen molar-refractivity contribution in [1.82, 2.24) is 24.9 Å². The number of carbonyl (C=O) groups is 1. The molecule has 2 heterocycles. The van der Waals surface area contributed by atoms with Crippen molar-refractivity contribution in [3.8, 4) is 5.69 Å². The van der Waals surface area contributed by atoms with E-state index in [-0.39, 0.29) is 12.2 Å². The van der Waals surface area contributed by atoms with Crippen LogP contribution in [0.4, 0.5) is 13.2 Å². The molecule has 156 valence electrons. The lowest BCUT2D eigenvalue weighted by molar-refractivity contribution is -0.137. The molecule has 0 unspecified atom stereocenters. The molecule has 0 saturated heterocycles. The summed E-state index contributed by atoms with van der Waals surface area (Å²) in [7, 11) is 0. The van der Waals surface area contributed by atoms with Gasteiger partial charge in [0.15, 0.2) is 16.8 Å². The Morgan fingerprint density at radius 2 is 2.03 bits per heavy atom. The Morgan fingerprint density at radius 3 is 2.59 bits per heavy atom. The highest BCUT2D eigenvalue weighted by molar-refractivity contribution is 7.98. The third-order valence-corrected chi connectivity index (χ3v) is 4.12. The summed E-state index contributed by atoms with van der Waals surface area (Å²) in [5.41, 5.74) is 5.16. The highest BCUT2D eigenvalue weighted by Gasteiger charge is 2.31. The zero-order chi connectivity index (χ0) is 21.6.